The van der Waals surface area contributed by atoms with Crippen LogP contribution in [0.3, 0.4) is 0 Å². The van der Waals surface area contributed by atoms with Gasteiger partial charge in [-0.15, -0.1) is 0 Å². The number of amides is 2. The molecule has 2 atom stereocenters. The monoisotopic (exact) mass is 339 g/mol. The quantitative estimate of drug-likeness (QED) is 0.879. The highest BCUT2D eigenvalue weighted by atomic mass is 16.2. The molecule has 1 aromatic carbocycles. The first kappa shape index (κ1) is 15.8. The van der Waals surface area contributed by atoms with E-state index in [1.807, 2.05) is 47.4 Å². The summed E-state index contributed by atoms with van der Waals surface area (Å²) < 4.78 is 1.85. The molecule has 2 aliphatic rings. The van der Waals surface area contributed by atoms with Crippen molar-refractivity contribution >= 4 is 11.8 Å². The first-order chi connectivity index (χ1) is 12.1. The number of rotatable bonds is 3. The number of hydrogen-bond donors (Lipinski definition) is 1. The Hall–Kier alpha value is -2.67. The van der Waals surface area contributed by atoms with Crippen molar-refractivity contribution in [2.75, 3.05) is 19.6 Å². The molecule has 2 aliphatic heterocycles. The number of carbonyl (C=O) groups is 2. The van der Waals surface area contributed by atoms with Gasteiger partial charge >= 0.3 is 0 Å². The van der Waals surface area contributed by atoms with E-state index >= 15 is 0 Å². The van der Waals surface area contributed by atoms with Gasteiger partial charge in [0.2, 0.25) is 11.8 Å². The fourth-order valence-electron chi connectivity index (χ4n) is 3.51. The van der Waals surface area contributed by atoms with Crippen molar-refractivity contribution in [2.45, 2.75) is 25.6 Å². The Morgan fingerprint density at radius 2 is 2.00 bits per heavy atom. The summed E-state index contributed by atoms with van der Waals surface area (Å²) in [5, 5.41) is 7.18. The van der Waals surface area contributed by atoms with E-state index in [0.29, 0.717) is 19.6 Å². The van der Waals surface area contributed by atoms with Crippen LogP contribution in [0.2, 0.25) is 0 Å². The molecule has 2 fully saturated rings. The first-order valence-corrected chi connectivity index (χ1v) is 8.54. The lowest BCUT2D eigenvalue weighted by Gasteiger charge is -2.44. The summed E-state index contributed by atoms with van der Waals surface area (Å²) in [5.74, 6) is -0.0436. The van der Waals surface area contributed by atoms with E-state index in [-0.39, 0.29) is 17.9 Å². The Labute approximate surface area is 146 Å². The lowest BCUT2D eigenvalue weighted by molar-refractivity contribution is -0.152. The van der Waals surface area contributed by atoms with Crippen molar-refractivity contribution in [1.29, 1.82) is 0 Å². The van der Waals surface area contributed by atoms with E-state index in [1.54, 1.807) is 11.8 Å². The lowest BCUT2D eigenvalue weighted by atomic mass is 10.0. The van der Waals surface area contributed by atoms with Crippen LogP contribution >= 0.6 is 0 Å². The van der Waals surface area contributed by atoms with Gasteiger partial charge in [0.25, 0.3) is 0 Å². The van der Waals surface area contributed by atoms with Crippen LogP contribution in [0, 0.1) is 0 Å². The van der Waals surface area contributed by atoms with Crippen LogP contribution < -0.4 is 5.32 Å². The molecule has 2 amide bonds. The number of carbonyl (C=O) groups excluding carboxylic acids is 2. The smallest absolute Gasteiger partial charge is 0.245 e. The molecule has 2 saturated heterocycles. The highest BCUT2D eigenvalue weighted by Crippen LogP contribution is 2.18. The minimum atomic E-state index is -0.417. The van der Waals surface area contributed by atoms with Gasteiger partial charge in [-0.2, -0.15) is 5.10 Å². The van der Waals surface area contributed by atoms with Gasteiger partial charge in [-0.05, 0) is 19.1 Å². The molecule has 0 spiro atoms. The van der Waals surface area contributed by atoms with Gasteiger partial charge in [-0.25, -0.2) is 4.68 Å². The summed E-state index contributed by atoms with van der Waals surface area (Å²) in [5.41, 5.74) is 2.11. The molecule has 0 radical (unpaired) electrons. The van der Waals surface area contributed by atoms with Gasteiger partial charge in [-0.1, -0.05) is 18.2 Å². The van der Waals surface area contributed by atoms with E-state index in [0.717, 1.165) is 17.8 Å². The van der Waals surface area contributed by atoms with Crippen LogP contribution in [-0.2, 0) is 16.1 Å². The number of nitrogens with one attached hydrogen (secondary N) is 1. The van der Waals surface area contributed by atoms with Gasteiger partial charge in [-0.3, -0.25) is 14.5 Å². The summed E-state index contributed by atoms with van der Waals surface area (Å²) >= 11 is 0. The minimum Gasteiger partial charge on any atom is -0.343 e. The van der Waals surface area contributed by atoms with Crippen molar-refractivity contribution < 1.29 is 9.59 Å². The molecule has 4 rings (SSSR count). The minimum absolute atomic E-state index is 0.0150. The van der Waals surface area contributed by atoms with Crippen molar-refractivity contribution in [1.82, 2.24) is 24.9 Å². The molecule has 0 bridgehead atoms. The van der Waals surface area contributed by atoms with Crippen LogP contribution in [0.1, 0.15) is 12.5 Å². The van der Waals surface area contributed by atoms with Crippen molar-refractivity contribution in [3.8, 4) is 5.69 Å². The summed E-state index contributed by atoms with van der Waals surface area (Å²) in [6.07, 6.45) is 3.86. The second-order valence-electron chi connectivity index (χ2n) is 6.64. The topological polar surface area (TPSA) is 70.5 Å². The molecule has 2 aromatic rings. The molecule has 1 N–H and O–H groups in total. The van der Waals surface area contributed by atoms with Gasteiger partial charge in [0, 0.05) is 37.9 Å². The van der Waals surface area contributed by atoms with E-state index < -0.39 is 6.04 Å². The number of para-hydroxylation sites is 1. The zero-order valence-electron chi connectivity index (χ0n) is 14.1. The summed E-state index contributed by atoms with van der Waals surface area (Å²) in [7, 11) is 0. The van der Waals surface area contributed by atoms with E-state index in [9.17, 15) is 9.59 Å². The zero-order valence-corrected chi connectivity index (χ0v) is 14.1. The fourth-order valence-corrected chi connectivity index (χ4v) is 3.51. The first-order valence-electron chi connectivity index (χ1n) is 8.54. The maximum absolute atomic E-state index is 12.2. The second-order valence-corrected chi connectivity index (χ2v) is 6.64. The number of nitrogens with zero attached hydrogens (tertiary/aromatic N) is 4. The standard InChI is InChI=1S/C18H21N5O2/c1-13-18(25)22-8-7-21(12-16(22)17(24)20-13)10-14-9-19-23(11-14)15-5-3-2-4-6-15/h2-6,9,11,13,16H,7-8,10,12H2,1H3,(H,20,24)/t13-,16-/m1/s1. The third-order valence-electron chi connectivity index (χ3n) is 4.84. The predicted molar refractivity (Wildman–Crippen MR) is 91.9 cm³/mol. The number of benzene rings is 1. The molecule has 0 aliphatic carbocycles. The number of aromatic nitrogens is 2. The summed E-state index contributed by atoms with van der Waals surface area (Å²) in [4.78, 5) is 28.4. The largest absolute Gasteiger partial charge is 0.343 e. The Bertz CT molecular complexity index is 788. The third-order valence-corrected chi connectivity index (χ3v) is 4.84. The van der Waals surface area contributed by atoms with E-state index in [2.05, 4.69) is 15.3 Å². The van der Waals surface area contributed by atoms with Crippen molar-refractivity contribution in [3.63, 3.8) is 0 Å². The highest BCUT2D eigenvalue weighted by Gasteiger charge is 2.41. The maximum Gasteiger partial charge on any atom is 0.245 e. The molecular weight excluding hydrogens is 318 g/mol. The van der Waals surface area contributed by atoms with Gasteiger partial charge in [0.05, 0.1) is 11.9 Å². The summed E-state index contributed by atoms with van der Waals surface area (Å²) in [6.45, 7) is 4.36. The van der Waals surface area contributed by atoms with Crippen LogP contribution in [0.25, 0.3) is 5.69 Å². The number of hydrogen-bond acceptors (Lipinski definition) is 4. The van der Waals surface area contributed by atoms with E-state index in [1.165, 1.54) is 0 Å². The molecule has 25 heavy (non-hydrogen) atoms. The molecular formula is C18H21N5O2. The lowest BCUT2D eigenvalue weighted by Crippen LogP contribution is -2.68. The molecule has 130 valence electrons. The third kappa shape index (κ3) is 3.02. The molecule has 0 unspecified atom stereocenters. The molecule has 7 nitrogen and oxygen atoms in total. The predicted octanol–water partition coefficient (Wildman–Crippen LogP) is 0.403. The van der Waals surface area contributed by atoms with Gasteiger partial charge < -0.3 is 10.2 Å². The SMILES string of the molecule is C[C@H]1NC(=O)[C@H]2CN(Cc3cnn(-c4ccccc4)c3)CCN2C1=O. The number of fused-ring (bicyclic) bond motifs is 1. The molecule has 7 heteroatoms. The van der Waals surface area contributed by atoms with Gasteiger partial charge in [0.15, 0.2) is 0 Å². The van der Waals surface area contributed by atoms with Crippen molar-refractivity contribution in [2.24, 2.45) is 0 Å². The number of piperazine rings is 2. The zero-order chi connectivity index (χ0) is 17.4. The maximum atomic E-state index is 12.2. The Balaban J connectivity index is 1.44. The average molecular weight is 339 g/mol. The van der Waals surface area contributed by atoms with Crippen LogP contribution in [0.15, 0.2) is 42.7 Å². The van der Waals surface area contributed by atoms with Crippen LogP contribution in [0.4, 0.5) is 0 Å². The highest BCUT2D eigenvalue weighted by molar-refractivity contribution is 5.97. The summed E-state index contributed by atoms with van der Waals surface area (Å²) in [6, 6.07) is 9.15. The second kappa shape index (κ2) is 6.33. The van der Waals surface area contributed by atoms with Crippen LogP contribution in [0.5, 0.6) is 0 Å². The Morgan fingerprint density at radius 3 is 2.80 bits per heavy atom. The molecule has 3 heterocycles. The van der Waals surface area contributed by atoms with Gasteiger partial charge in [0.1, 0.15) is 12.1 Å². The molecule has 0 saturated carbocycles. The molecule has 1 aromatic heterocycles. The Kier molecular flexibility index (Phi) is 4.01. The fraction of sp³-hybridized carbons (Fsp3) is 0.389. The normalized spacial score (nSPS) is 24.1. The van der Waals surface area contributed by atoms with Crippen molar-refractivity contribution in [3.05, 3.63) is 48.3 Å². The average Bonchev–Trinajstić information content (AvgIpc) is 3.09. The van der Waals surface area contributed by atoms with E-state index in [4.69, 9.17) is 0 Å². The Morgan fingerprint density at radius 1 is 1.20 bits per heavy atom. The van der Waals surface area contributed by atoms with Crippen LogP contribution in [-0.4, -0.2) is 63.1 Å².